The Morgan fingerprint density at radius 3 is 2.23 bits per heavy atom. The van der Waals surface area contributed by atoms with E-state index in [-0.39, 0.29) is 18.3 Å². The van der Waals surface area contributed by atoms with E-state index in [1.54, 1.807) is 0 Å². The monoisotopic (exact) mass is 357 g/mol. The van der Waals surface area contributed by atoms with Gasteiger partial charge in [0.25, 0.3) is 0 Å². The zero-order valence-electron chi connectivity index (χ0n) is 17.5. The van der Waals surface area contributed by atoms with Crippen LogP contribution in [0.4, 0.5) is 0 Å². The van der Waals surface area contributed by atoms with Crippen molar-refractivity contribution in [2.45, 2.75) is 97.2 Å². The molecule has 0 radical (unpaired) electrons. The van der Waals surface area contributed by atoms with Gasteiger partial charge in [-0.3, -0.25) is 4.99 Å². The lowest BCUT2D eigenvalue weighted by Gasteiger charge is -2.32. The van der Waals surface area contributed by atoms with Gasteiger partial charge in [-0.25, -0.2) is 0 Å². The number of hydrogen-bond acceptors (Lipinski definition) is 3. The average Bonchev–Trinajstić information content (AvgIpc) is 2.81. The number of benzene rings is 1. The minimum Gasteiger partial charge on any atom is -0.403 e. The van der Waals surface area contributed by atoms with Crippen LogP contribution in [0.3, 0.4) is 0 Å². The predicted octanol–water partition coefficient (Wildman–Crippen LogP) is 6.08. The Hall–Kier alpha value is -1.13. The number of hydrogen-bond donors (Lipinski definition) is 0. The molecule has 0 N–H and O–H groups in total. The third kappa shape index (κ3) is 5.69. The molecule has 1 aliphatic rings. The van der Waals surface area contributed by atoms with Gasteiger partial charge in [0.05, 0.1) is 17.7 Å². The predicted molar refractivity (Wildman–Crippen MR) is 112 cm³/mol. The molecule has 1 atom stereocenters. The first-order chi connectivity index (χ1) is 12.2. The second-order valence-electron chi connectivity index (χ2n) is 8.62. The fourth-order valence-electron chi connectivity index (χ4n) is 3.33. The summed E-state index contributed by atoms with van der Waals surface area (Å²) in [6.45, 7) is 13.7. The van der Waals surface area contributed by atoms with Crippen molar-refractivity contribution in [1.29, 1.82) is 0 Å². The van der Waals surface area contributed by atoms with Crippen LogP contribution >= 0.6 is 0 Å². The summed E-state index contributed by atoms with van der Waals surface area (Å²) in [4.78, 5) is 4.81. The van der Waals surface area contributed by atoms with Gasteiger partial charge in [0.15, 0.2) is 0 Å². The molecule has 1 heterocycles. The lowest BCUT2D eigenvalue weighted by atomic mass is 9.66. The molecule has 2 rings (SSSR count). The highest BCUT2D eigenvalue weighted by Gasteiger charge is 2.53. The molecule has 1 unspecified atom stereocenters. The summed E-state index contributed by atoms with van der Waals surface area (Å²) in [5, 5.41) is 0. The van der Waals surface area contributed by atoms with Crippen LogP contribution in [0.15, 0.2) is 35.3 Å². The Balaban J connectivity index is 2.02. The SMILES string of the molecule is CCCCCC(CC(C)=NCc1ccccc1)B1OC(C)(C)C(C)(C)O1. The molecule has 1 aromatic carbocycles. The molecular formula is C22H36BNO2. The van der Waals surface area contributed by atoms with Crippen molar-refractivity contribution in [2.24, 2.45) is 4.99 Å². The summed E-state index contributed by atoms with van der Waals surface area (Å²) < 4.78 is 12.7. The van der Waals surface area contributed by atoms with Gasteiger partial charge >= 0.3 is 7.12 Å². The first-order valence-corrected chi connectivity index (χ1v) is 10.1. The molecule has 0 amide bonds. The minimum absolute atomic E-state index is 0.140. The summed E-state index contributed by atoms with van der Waals surface area (Å²) in [5.41, 5.74) is 1.90. The second kappa shape index (κ2) is 9.19. The molecule has 3 nitrogen and oxygen atoms in total. The molecule has 144 valence electrons. The van der Waals surface area contributed by atoms with Crippen LogP contribution in [-0.2, 0) is 15.9 Å². The number of rotatable bonds is 9. The molecule has 1 fully saturated rings. The summed E-state index contributed by atoms with van der Waals surface area (Å²) >= 11 is 0. The highest BCUT2D eigenvalue weighted by atomic mass is 16.7. The van der Waals surface area contributed by atoms with E-state index < -0.39 is 0 Å². The van der Waals surface area contributed by atoms with Gasteiger partial charge in [-0.1, -0.05) is 62.9 Å². The lowest BCUT2D eigenvalue weighted by molar-refractivity contribution is 0.00578. The van der Waals surface area contributed by atoms with Gasteiger partial charge in [0.1, 0.15) is 0 Å². The van der Waals surface area contributed by atoms with Crippen molar-refractivity contribution in [3.8, 4) is 0 Å². The largest absolute Gasteiger partial charge is 0.461 e. The van der Waals surface area contributed by atoms with Gasteiger partial charge in [0, 0.05) is 5.71 Å². The van der Waals surface area contributed by atoms with Crippen LogP contribution in [0.1, 0.15) is 79.2 Å². The van der Waals surface area contributed by atoms with Crippen LogP contribution in [0, 0.1) is 0 Å². The Morgan fingerprint density at radius 2 is 1.65 bits per heavy atom. The van der Waals surface area contributed by atoms with Crippen LogP contribution < -0.4 is 0 Å². The van der Waals surface area contributed by atoms with Crippen LogP contribution in [0.25, 0.3) is 0 Å². The zero-order chi connectivity index (χ0) is 19.2. The Kier molecular flexibility index (Phi) is 7.48. The normalized spacial score (nSPS) is 20.4. The van der Waals surface area contributed by atoms with E-state index >= 15 is 0 Å². The lowest BCUT2D eigenvalue weighted by Crippen LogP contribution is -2.41. The topological polar surface area (TPSA) is 30.8 Å². The summed E-state index contributed by atoms with van der Waals surface area (Å²) in [6.07, 6.45) is 5.78. The smallest absolute Gasteiger partial charge is 0.403 e. The summed E-state index contributed by atoms with van der Waals surface area (Å²) in [6, 6.07) is 10.4. The molecular weight excluding hydrogens is 321 g/mol. The number of aliphatic imine (C=N–C) groups is 1. The van der Waals surface area contributed by atoms with E-state index in [2.05, 4.69) is 65.8 Å². The molecule has 4 heteroatoms. The third-order valence-corrected chi connectivity index (χ3v) is 5.77. The maximum Gasteiger partial charge on any atom is 0.461 e. The van der Waals surface area contributed by atoms with Gasteiger partial charge < -0.3 is 9.31 Å². The Morgan fingerprint density at radius 1 is 1.04 bits per heavy atom. The quantitative estimate of drug-likeness (QED) is 0.305. The standard InChI is InChI=1S/C22H36BNO2/c1-7-8-10-15-20(23-25-21(3,4)22(5,6)26-23)16-18(2)24-17-19-13-11-9-12-14-19/h9,11-14,20H,7-8,10,15-17H2,1-6H3. The van der Waals surface area contributed by atoms with Gasteiger partial charge in [-0.05, 0) is 52.4 Å². The van der Waals surface area contributed by atoms with Gasteiger partial charge in [0.2, 0.25) is 0 Å². The third-order valence-electron chi connectivity index (χ3n) is 5.77. The average molecular weight is 357 g/mol. The highest BCUT2D eigenvalue weighted by Crippen LogP contribution is 2.42. The summed E-state index contributed by atoms with van der Waals surface area (Å²) in [5.74, 6) is 0.363. The molecule has 0 saturated carbocycles. The molecule has 1 saturated heterocycles. The fourth-order valence-corrected chi connectivity index (χ4v) is 3.33. The molecule has 0 spiro atoms. The van der Waals surface area contributed by atoms with Gasteiger partial charge in [-0.2, -0.15) is 0 Å². The minimum atomic E-state index is -0.268. The van der Waals surface area contributed by atoms with E-state index in [9.17, 15) is 0 Å². The van der Waals surface area contributed by atoms with Crippen molar-refractivity contribution in [3.05, 3.63) is 35.9 Å². The van der Waals surface area contributed by atoms with E-state index in [1.165, 1.54) is 30.5 Å². The van der Waals surface area contributed by atoms with Crippen molar-refractivity contribution in [3.63, 3.8) is 0 Å². The Bertz CT molecular complexity index is 567. The molecule has 26 heavy (non-hydrogen) atoms. The maximum absolute atomic E-state index is 6.34. The van der Waals surface area contributed by atoms with E-state index in [0.717, 1.165) is 19.4 Å². The van der Waals surface area contributed by atoms with Crippen LogP contribution in [0.5, 0.6) is 0 Å². The van der Waals surface area contributed by atoms with Crippen molar-refractivity contribution >= 4 is 12.8 Å². The molecule has 0 aromatic heterocycles. The molecule has 1 aliphatic heterocycles. The first-order valence-electron chi connectivity index (χ1n) is 10.1. The fraction of sp³-hybridized carbons (Fsp3) is 0.682. The zero-order valence-corrected chi connectivity index (χ0v) is 17.5. The maximum atomic E-state index is 6.34. The number of unbranched alkanes of at least 4 members (excludes halogenated alkanes) is 2. The molecule has 0 bridgehead atoms. The Labute approximate surface area is 160 Å². The van der Waals surface area contributed by atoms with E-state index in [1.807, 2.05) is 6.07 Å². The van der Waals surface area contributed by atoms with Crippen molar-refractivity contribution < 1.29 is 9.31 Å². The summed E-state index contributed by atoms with van der Waals surface area (Å²) in [7, 11) is -0.140. The number of nitrogens with zero attached hydrogens (tertiary/aromatic N) is 1. The van der Waals surface area contributed by atoms with Crippen LogP contribution in [-0.4, -0.2) is 24.0 Å². The van der Waals surface area contributed by atoms with E-state index in [4.69, 9.17) is 14.3 Å². The van der Waals surface area contributed by atoms with Crippen molar-refractivity contribution in [1.82, 2.24) is 0 Å². The molecule has 1 aromatic rings. The highest BCUT2D eigenvalue weighted by molar-refractivity contribution is 6.48. The second-order valence-corrected chi connectivity index (χ2v) is 8.62. The van der Waals surface area contributed by atoms with E-state index in [0.29, 0.717) is 5.82 Å². The van der Waals surface area contributed by atoms with Gasteiger partial charge in [-0.15, -0.1) is 0 Å². The first kappa shape index (κ1) is 21.2. The van der Waals surface area contributed by atoms with Crippen molar-refractivity contribution in [2.75, 3.05) is 0 Å². The van der Waals surface area contributed by atoms with Crippen LogP contribution in [0.2, 0.25) is 5.82 Å². The molecule has 0 aliphatic carbocycles.